The number of carbonyl (C=O) groups is 1. The van der Waals surface area contributed by atoms with Gasteiger partial charge in [-0.1, -0.05) is 13.8 Å². The highest BCUT2D eigenvalue weighted by Gasteiger charge is 2.17. The first-order valence-electron chi connectivity index (χ1n) is 4.35. The van der Waals surface area contributed by atoms with E-state index in [0.717, 1.165) is 5.01 Å². The Balaban J connectivity index is 2.82. The number of esters is 1. The van der Waals surface area contributed by atoms with Crippen molar-refractivity contribution in [2.45, 2.75) is 19.9 Å². The first-order valence-corrected chi connectivity index (χ1v) is 5.23. The lowest BCUT2D eigenvalue weighted by Crippen LogP contribution is -2.16. The monoisotopic (exact) mass is 214 g/mol. The molecule has 0 fully saturated rings. The highest BCUT2D eigenvalue weighted by Crippen LogP contribution is 2.22. The van der Waals surface area contributed by atoms with Gasteiger partial charge in [-0.15, -0.1) is 11.3 Å². The summed E-state index contributed by atoms with van der Waals surface area (Å²) in [6.07, 6.45) is 0. The van der Waals surface area contributed by atoms with E-state index in [2.05, 4.69) is 9.72 Å². The zero-order valence-corrected chi connectivity index (χ0v) is 9.30. The van der Waals surface area contributed by atoms with Crippen LogP contribution in [0.1, 0.15) is 35.4 Å². The number of ether oxygens (including phenoxy) is 1. The van der Waals surface area contributed by atoms with Crippen LogP contribution in [0.3, 0.4) is 0 Å². The second-order valence-electron chi connectivity index (χ2n) is 3.33. The van der Waals surface area contributed by atoms with E-state index in [9.17, 15) is 4.79 Å². The molecular formula is C9H14N2O2S. The molecular weight excluding hydrogens is 200 g/mol. The van der Waals surface area contributed by atoms with Crippen molar-refractivity contribution in [1.29, 1.82) is 0 Å². The molecule has 0 aromatic carbocycles. The molecule has 0 aliphatic carbocycles. The molecule has 0 saturated heterocycles. The quantitative estimate of drug-likeness (QED) is 0.776. The van der Waals surface area contributed by atoms with Crippen molar-refractivity contribution in [1.82, 2.24) is 4.98 Å². The van der Waals surface area contributed by atoms with Gasteiger partial charge in [-0.3, -0.25) is 0 Å². The average molecular weight is 214 g/mol. The molecule has 0 bridgehead atoms. The summed E-state index contributed by atoms with van der Waals surface area (Å²) in [5, 5.41) is 2.45. The standard InChI is InChI=1S/C9H14N2O2S/c1-5(2)7(10)8-11-6(4-14-8)9(12)13-3/h4-5,7H,10H2,1-3H3. The topological polar surface area (TPSA) is 65.2 Å². The highest BCUT2D eigenvalue weighted by molar-refractivity contribution is 7.09. The van der Waals surface area contributed by atoms with Crippen LogP contribution in [0.2, 0.25) is 0 Å². The molecule has 1 aromatic rings. The largest absolute Gasteiger partial charge is 0.464 e. The molecule has 14 heavy (non-hydrogen) atoms. The summed E-state index contributed by atoms with van der Waals surface area (Å²) >= 11 is 1.39. The summed E-state index contributed by atoms with van der Waals surface area (Å²) in [6.45, 7) is 4.04. The Morgan fingerprint density at radius 2 is 2.29 bits per heavy atom. The zero-order valence-electron chi connectivity index (χ0n) is 8.48. The molecule has 0 aliphatic heterocycles. The minimum atomic E-state index is -0.413. The third-order valence-electron chi connectivity index (χ3n) is 1.92. The predicted molar refractivity (Wildman–Crippen MR) is 55.2 cm³/mol. The lowest BCUT2D eigenvalue weighted by molar-refractivity contribution is 0.0594. The smallest absolute Gasteiger partial charge is 0.357 e. The number of hydrogen-bond donors (Lipinski definition) is 1. The second kappa shape index (κ2) is 4.52. The van der Waals surface area contributed by atoms with E-state index < -0.39 is 5.97 Å². The summed E-state index contributed by atoms with van der Waals surface area (Å²) < 4.78 is 4.55. The van der Waals surface area contributed by atoms with Gasteiger partial charge >= 0.3 is 5.97 Å². The van der Waals surface area contributed by atoms with E-state index in [0.29, 0.717) is 11.6 Å². The van der Waals surface area contributed by atoms with Gasteiger partial charge in [0.05, 0.1) is 13.2 Å². The summed E-state index contributed by atoms with van der Waals surface area (Å²) in [5.74, 6) is -0.102. The lowest BCUT2D eigenvalue weighted by atomic mass is 10.1. The Morgan fingerprint density at radius 1 is 1.64 bits per heavy atom. The average Bonchev–Trinajstić information content (AvgIpc) is 2.64. The molecule has 1 aromatic heterocycles. The normalized spacial score (nSPS) is 12.9. The highest BCUT2D eigenvalue weighted by atomic mass is 32.1. The maximum atomic E-state index is 11.1. The van der Waals surface area contributed by atoms with E-state index >= 15 is 0 Å². The molecule has 1 unspecified atom stereocenters. The fourth-order valence-electron chi connectivity index (χ4n) is 0.924. The number of nitrogens with two attached hydrogens (primary N) is 1. The SMILES string of the molecule is COC(=O)c1csc(C(N)C(C)C)n1. The molecule has 0 spiro atoms. The van der Waals surface area contributed by atoms with Crippen LogP contribution < -0.4 is 5.73 Å². The minimum absolute atomic E-state index is 0.113. The van der Waals surface area contributed by atoms with Crippen molar-refractivity contribution in [3.8, 4) is 0 Å². The third kappa shape index (κ3) is 2.30. The number of rotatable bonds is 3. The number of nitrogens with zero attached hydrogens (tertiary/aromatic N) is 1. The van der Waals surface area contributed by atoms with Gasteiger partial charge in [-0.2, -0.15) is 0 Å². The molecule has 0 saturated carbocycles. The second-order valence-corrected chi connectivity index (χ2v) is 4.22. The van der Waals surface area contributed by atoms with Crippen molar-refractivity contribution >= 4 is 17.3 Å². The number of carbonyl (C=O) groups excluding carboxylic acids is 1. The molecule has 0 aliphatic rings. The van der Waals surface area contributed by atoms with Gasteiger partial charge in [-0.25, -0.2) is 9.78 Å². The molecule has 2 N–H and O–H groups in total. The van der Waals surface area contributed by atoms with E-state index in [1.807, 2.05) is 13.8 Å². The van der Waals surface area contributed by atoms with Gasteiger partial charge in [-0.05, 0) is 5.92 Å². The first kappa shape index (κ1) is 11.1. The minimum Gasteiger partial charge on any atom is -0.464 e. The van der Waals surface area contributed by atoms with Crippen molar-refractivity contribution in [3.63, 3.8) is 0 Å². The van der Waals surface area contributed by atoms with Crippen LogP contribution in [-0.4, -0.2) is 18.1 Å². The van der Waals surface area contributed by atoms with E-state index in [1.165, 1.54) is 18.4 Å². The number of aromatic nitrogens is 1. The Labute approximate surface area is 87.1 Å². The maximum Gasteiger partial charge on any atom is 0.357 e. The van der Waals surface area contributed by atoms with E-state index in [4.69, 9.17) is 5.73 Å². The van der Waals surface area contributed by atoms with Gasteiger partial charge in [0.15, 0.2) is 5.69 Å². The van der Waals surface area contributed by atoms with Crippen molar-refractivity contribution in [3.05, 3.63) is 16.1 Å². The van der Waals surface area contributed by atoms with Crippen LogP contribution in [0.25, 0.3) is 0 Å². The fourth-order valence-corrected chi connectivity index (χ4v) is 1.89. The van der Waals surface area contributed by atoms with Gasteiger partial charge in [0, 0.05) is 5.38 Å². The van der Waals surface area contributed by atoms with Crippen molar-refractivity contribution in [2.75, 3.05) is 7.11 Å². The van der Waals surface area contributed by atoms with Crippen LogP contribution in [0.5, 0.6) is 0 Å². The Kier molecular flexibility index (Phi) is 3.60. The third-order valence-corrected chi connectivity index (χ3v) is 2.87. The van der Waals surface area contributed by atoms with Crippen LogP contribution >= 0.6 is 11.3 Å². The number of hydrogen-bond acceptors (Lipinski definition) is 5. The summed E-state index contributed by atoms with van der Waals surface area (Å²) in [6, 6.07) is -0.113. The van der Waals surface area contributed by atoms with E-state index in [-0.39, 0.29) is 6.04 Å². The number of thiazole rings is 1. The molecule has 4 nitrogen and oxygen atoms in total. The van der Waals surface area contributed by atoms with Crippen LogP contribution in [0.4, 0.5) is 0 Å². The van der Waals surface area contributed by atoms with Crippen LogP contribution in [0, 0.1) is 5.92 Å². The maximum absolute atomic E-state index is 11.1. The molecule has 0 radical (unpaired) electrons. The molecule has 1 rings (SSSR count). The predicted octanol–water partition coefficient (Wildman–Crippen LogP) is 1.59. The Hall–Kier alpha value is -0.940. The molecule has 0 amide bonds. The summed E-state index contributed by atoms with van der Waals surface area (Å²) in [7, 11) is 1.34. The fraction of sp³-hybridized carbons (Fsp3) is 0.556. The van der Waals surface area contributed by atoms with Crippen molar-refractivity contribution < 1.29 is 9.53 Å². The Morgan fingerprint density at radius 3 is 2.79 bits per heavy atom. The van der Waals surface area contributed by atoms with E-state index in [1.54, 1.807) is 5.38 Å². The summed E-state index contributed by atoms with van der Waals surface area (Å²) in [5.41, 5.74) is 6.23. The van der Waals surface area contributed by atoms with Gasteiger partial charge in [0.25, 0.3) is 0 Å². The molecule has 1 atom stereocenters. The van der Waals surface area contributed by atoms with Crippen molar-refractivity contribution in [2.24, 2.45) is 11.7 Å². The molecule has 5 heteroatoms. The zero-order chi connectivity index (χ0) is 10.7. The first-order chi connectivity index (χ1) is 6.56. The molecule has 1 heterocycles. The van der Waals surface area contributed by atoms with Gasteiger partial charge in [0.2, 0.25) is 0 Å². The van der Waals surface area contributed by atoms with Gasteiger partial charge in [0.1, 0.15) is 5.01 Å². The van der Waals surface area contributed by atoms with Crippen LogP contribution in [-0.2, 0) is 4.74 Å². The van der Waals surface area contributed by atoms with Gasteiger partial charge < -0.3 is 10.5 Å². The summed E-state index contributed by atoms with van der Waals surface area (Å²) in [4.78, 5) is 15.2. The lowest BCUT2D eigenvalue weighted by Gasteiger charge is -2.11. The molecule has 78 valence electrons. The number of methoxy groups -OCH3 is 1. The Bertz CT molecular complexity index is 322. The van der Waals surface area contributed by atoms with Crippen LogP contribution in [0.15, 0.2) is 5.38 Å².